The molecule has 2 amide bonds. The summed E-state index contributed by atoms with van der Waals surface area (Å²) in [6, 6.07) is 15.3. The number of likely N-dealkylation sites (tertiary alicyclic amines) is 1. The van der Waals surface area contributed by atoms with Gasteiger partial charge in [-0.3, -0.25) is 9.59 Å². The highest BCUT2D eigenvalue weighted by Crippen LogP contribution is 2.25. The van der Waals surface area contributed by atoms with Crippen LogP contribution in [0.3, 0.4) is 0 Å². The number of halogens is 1. The molecule has 0 spiro atoms. The lowest BCUT2D eigenvalue weighted by Crippen LogP contribution is -2.43. The molecule has 3 aromatic rings. The lowest BCUT2D eigenvalue weighted by Gasteiger charge is -2.31. The van der Waals surface area contributed by atoms with E-state index in [0.717, 1.165) is 23.2 Å². The Labute approximate surface area is 186 Å². The second kappa shape index (κ2) is 9.34. The topological polar surface area (TPSA) is 75.4 Å². The van der Waals surface area contributed by atoms with Crippen LogP contribution >= 0.6 is 0 Å². The van der Waals surface area contributed by atoms with Crippen LogP contribution in [-0.4, -0.2) is 35.0 Å². The Hall–Kier alpha value is -3.48. The van der Waals surface area contributed by atoms with Crippen molar-refractivity contribution in [1.29, 1.82) is 0 Å². The van der Waals surface area contributed by atoms with Crippen LogP contribution < -0.4 is 5.32 Å². The number of nitrogens with zero attached hydrogens (tertiary/aromatic N) is 2. The van der Waals surface area contributed by atoms with Crippen molar-refractivity contribution in [3.8, 4) is 11.1 Å². The lowest BCUT2D eigenvalue weighted by atomic mass is 9.96. The average molecular weight is 435 g/mol. The maximum absolute atomic E-state index is 13.2. The van der Waals surface area contributed by atoms with Gasteiger partial charge >= 0.3 is 0 Å². The SMILES string of the molecule is CC(C)c1cc(C(=O)N2CCC[C@H](C(=O)Nc3cccc(-c4ccc(F)cc4)c3)C2)on1. The summed E-state index contributed by atoms with van der Waals surface area (Å²) in [7, 11) is 0. The minimum Gasteiger partial charge on any atom is -0.351 e. The number of nitrogens with one attached hydrogen (secondary N) is 1. The molecule has 6 nitrogen and oxygen atoms in total. The molecule has 1 atom stereocenters. The molecule has 0 saturated carbocycles. The third-order valence-corrected chi connectivity index (χ3v) is 5.72. The van der Waals surface area contributed by atoms with Crippen molar-refractivity contribution in [2.24, 2.45) is 5.92 Å². The summed E-state index contributed by atoms with van der Waals surface area (Å²) >= 11 is 0. The fourth-order valence-electron chi connectivity index (χ4n) is 3.86. The van der Waals surface area contributed by atoms with E-state index < -0.39 is 0 Å². The van der Waals surface area contributed by atoms with E-state index >= 15 is 0 Å². The first kappa shape index (κ1) is 21.7. The summed E-state index contributed by atoms with van der Waals surface area (Å²) in [6.45, 7) is 4.89. The summed E-state index contributed by atoms with van der Waals surface area (Å²) in [6.07, 6.45) is 1.45. The number of carbonyl (C=O) groups is 2. The molecule has 1 saturated heterocycles. The molecule has 1 fully saturated rings. The van der Waals surface area contributed by atoms with E-state index in [0.29, 0.717) is 25.2 Å². The van der Waals surface area contributed by atoms with Crippen molar-refractivity contribution in [2.75, 3.05) is 18.4 Å². The van der Waals surface area contributed by atoms with Crippen LogP contribution in [0.5, 0.6) is 0 Å². The zero-order valence-corrected chi connectivity index (χ0v) is 18.2. The Balaban J connectivity index is 1.41. The van der Waals surface area contributed by atoms with Gasteiger partial charge in [-0.1, -0.05) is 43.3 Å². The Morgan fingerprint density at radius 2 is 1.91 bits per heavy atom. The highest BCUT2D eigenvalue weighted by molar-refractivity contribution is 5.95. The van der Waals surface area contributed by atoms with Gasteiger partial charge in [-0.2, -0.15) is 0 Å². The molecule has 32 heavy (non-hydrogen) atoms. The minimum atomic E-state index is -0.310. The second-order valence-corrected chi connectivity index (χ2v) is 8.44. The van der Waals surface area contributed by atoms with E-state index in [9.17, 15) is 14.0 Å². The molecule has 0 unspecified atom stereocenters. The van der Waals surface area contributed by atoms with Gasteiger partial charge < -0.3 is 14.7 Å². The predicted molar refractivity (Wildman–Crippen MR) is 120 cm³/mol. The molecule has 1 aromatic heterocycles. The highest BCUT2D eigenvalue weighted by Gasteiger charge is 2.30. The van der Waals surface area contributed by atoms with Gasteiger partial charge in [-0.05, 0) is 54.2 Å². The first-order valence-electron chi connectivity index (χ1n) is 10.8. The summed E-state index contributed by atoms with van der Waals surface area (Å²) in [4.78, 5) is 27.4. The molecule has 1 N–H and O–H groups in total. The maximum Gasteiger partial charge on any atom is 0.292 e. The molecule has 1 aliphatic heterocycles. The van der Waals surface area contributed by atoms with E-state index in [4.69, 9.17) is 4.52 Å². The van der Waals surface area contributed by atoms with Crippen LogP contribution in [0, 0.1) is 11.7 Å². The normalized spacial score (nSPS) is 16.2. The van der Waals surface area contributed by atoms with Crippen molar-refractivity contribution < 1.29 is 18.5 Å². The van der Waals surface area contributed by atoms with Crippen LogP contribution in [0.1, 0.15) is 48.9 Å². The number of aromatic nitrogens is 1. The largest absolute Gasteiger partial charge is 0.351 e. The first-order valence-corrected chi connectivity index (χ1v) is 10.8. The van der Waals surface area contributed by atoms with Crippen molar-refractivity contribution in [2.45, 2.75) is 32.6 Å². The second-order valence-electron chi connectivity index (χ2n) is 8.44. The zero-order chi connectivity index (χ0) is 22.7. The van der Waals surface area contributed by atoms with Gasteiger partial charge in [0.05, 0.1) is 11.6 Å². The van der Waals surface area contributed by atoms with Crippen molar-refractivity contribution in [3.63, 3.8) is 0 Å². The van der Waals surface area contributed by atoms with Crippen LogP contribution in [0.4, 0.5) is 10.1 Å². The van der Waals surface area contributed by atoms with Crippen molar-refractivity contribution in [1.82, 2.24) is 10.1 Å². The monoisotopic (exact) mass is 435 g/mol. The Morgan fingerprint density at radius 1 is 1.12 bits per heavy atom. The number of anilines is 1. The van der Waals surface area contributed by atoms with Gasteiger partial charge in [0.15, 0.2) is 0 Å². The number of rotatable bonds is 5. The molecular formula is C25H26FN3O3. The van der Waals surface area contributed by atoms with Crippen LogP contribution in [0.15, 0.2) is 59.1 Å². The van der Waals surface area contributed by atoms with Gasteiger partial charge in [-0.25, -0.2) is 4.39 Å². The van der Waals surface area contributed by atoms with Gasteiger partial charge in [0, 0.05) is 24.8 Å². The molecule has 0 bridgehead atoms. The van der Waals surface area contributed by atoms with E-state index in [-0.39, 0.29) is 35.2 Å². The van der Waals surface area contributed by atoms with Gasteiger partial charge in [0.2, 0.25) is 11.7 Å². The van der Waals surface area contributed by atoms with Crippen LogP contribution in [0.25, 0.3) is 11.1 Å². The number of carbonyl (C=O) groups excluding carboxylic acids is 2. The molecule has 166 valence electrons. The summed E-state index contributed by atoms with van der Waals surface area (Å²) in [5.74, 6) is -0.581. The predicted octanol–water partition coefficient (Wildman–Crippen LogP) is 5.10. The Bertz CT molecular complexity index is 1110. The van der Waals surface area contributed by atoms with E-state index in [2.05, 4.69) is 10.5 Å². The summed E-state index contributed by atoms with van der Waals surface area (Å²) < 4.78 is 18.4. The number of amides is 2. The quantitative estimate of drug-likeness (QED) is 0.605. The molecule has 2 aromatic carbocycles. The van der Waals surface area contributed by atoms with Crippen molar-refractivity contribution in [3.05, 3.63) is 71.9 Å². The standard InChI is InChI=1S/C25H26FN3O3/c1-16(2)22-14-23(32-28-22)25(31)29-12-4-6-19(15-29)24(30)27-21-7-3-5-18(13-21)17-8-10-20(26)11-9-17/h3,5,7-11,13-14,16,19H,4,6,12,15H2,1-2H3,(H,27,30)/t19-/m0/s1. The molecule has 1 aliphatic rings. The number of benzene rings is 2. The van der Waals surface area contributed by atoms with E-state index in [1.54, 1.807) is 23.1 Å². The Kier molecular flexibility index (Phi) is 6.35. The van der Waals surface area contributed by atoms with E-state index in [1.165, 1.54) is 12.1 Å². The van der Waals surface area contributed by atoms with Crippen LogP contribution in [0.2, 0.25) is 0 Å². The van der Waals surface area contributed by atoms with Gasteiger partial charge in [-0.15, -0.1) is 0 Å². The number of hydrogen-bond donors (Lipinski definition) is 1. The zero-order valence-electron chi connectivity index (χ0n) is 18.2. The number of piperidine rings is 1. The summed E-state index contributed by atoms with van der Waals surface area (Å²) in [5.41, 5.74) is 3.15. The molecule has 0 radical (unpaired) electrons. The molecule has 2 heterocycles. The average Bonchev–Trinajstić information content (AvgIpc) is 3.30. The molecular weight excluding hydrogens is 409 g/mol. The smallest absolute Gasteiger partial charge is 0.292 e. The summed E-state index contributed by atoms with van der Waals surface area (Å²) in [5, 5.41) is 6.92. The highest BCUT2D eigenvalue weighted by atomic mass is 19.1. The molecule has 0 aliphatic carbocycles. The van der Waals surface area contributed by atoms with Gasteiger partial charge in [0.25, 0.3) is 5.91 Å². The van der Waals surface area contributed by atoms with Crippen molar-refractivity contribution >= 4 is 17.5 Å². The fraction of sp³-hybridized carbons (Fsp3) is 0.320. The lowest BCUT2D eigenvalue weighted by molar-refractivity contribution is -0.121. The maximum atomic E-state index is 13.2. The molecule has 7 heteroatoms. The Morgan fingerprint density at radius 3 is 2.62 bits per heavy atom. The third kappa shape index (κ3) is 4.88. The van der Waals surface area contributed by atoms with Gasteiger partial charge in [0.1, 0.15) is 5.82 Å². The number of hydrogen-bond acceptors (Lipinski definition) is 4. The molecule has 4 rings (SSSR count). The van der Waals surface area contributed by atoms with E-state index in [1.807, 2.05) is 38.1 Å². The third-order valence-electron chi connectivity index (χ3n) is 5.72. The first-order chi connectivity index (χ1) is 15.4. The van der Waals surface area contributed by atoms with Crippen LogP contribution in [-0.2, 0) is 4.79 Å². The minimum absolute atomic E-state index is 0.126. The fourth-order valence-corrected chi connectivity index (χ4v) is 3.86.